The topological polar surface area (TPSA) is 20.2 Å². The molecule has 84 valence electrons. The molecule has 0 radical (unpaired) electrons. The number of aliphatic hydroxyl groups excluding tert-OH is 1. The zero-order valence-corrected chi connectivity index (χ0v) is 9.87. The number of allylic oxidation sites excluding steroid dienone is 1. The molecule has 0 heterocycles. The van der Waals surface area contributed by atoms with Gasteiger partial charge in [0.25, 0.3) is 0 Å². The van der Waals surface area contributed by atoms with Crippen molar-refractivity contribution in [3.8, 4) is 0 Å². The standard InChI is InChI=1S/C14H22O/c1-8-4-6-10-13(14(10,2)3)12-9(8)5-7-11(12)15/h9-13,15H,1,4-7H2,2-3H3. The molecule has 3 rings (SSSR count). The van der Waals surface area contributed by atoms with Crippen LogP contribution in [0.2, 0.25) is 0 Å². The van der Waals surface area contributed by atoms with Crippen molar-refractivity contribution in [2.24, 2.45) is 29.1 Å². The molecular weight excluding hydrogens is 184 g/mol. The summed E-state index contributed by atoms with van der Waals surface area (Å²) in [6, 6.07) is 0. The van der Waals surface area contributed by atoms with Crippen molar-refractivity contribution in [3.63, 3.8) is 0 Å². The smallest absolute Gasteiger partial charge is 0.0577 e. The van der Waals surface area contributed by atoms with Crippen LogP contribution in [0, 0.1) is 29.1 Å². The molecule has 3 aliphatic rings. The summed E-state index contributed by atoms with van der Waals surface area (Å²) in [5.41, 5.74) is 1.93. The van der Waals surface area contributed by atoms with Gasteiger partial charge in [0.15, 0.2) is 0 Å². The zero-order valence-electron chi connectivity index (χ0n) is 9.87. The second kappa shape index (κ2) is 2.88. The normalized spacial score (nSPS) is 51.9. The van der Waals surface area contributed by atoms with Gasteiger partial charge in [-0.05, 0) is 54.8 Å². The van der Waals surface area contributed by atoms with Crippen LogP contribution in [-0.4, -0.2) is 11.2 Å². The Morgan fingerprint density at radius 2 is 2.00 bits per heavy atom. The fourth-order valence-corrected chi connectivity index (χ4v) is 4.60. The highest BCUT2D eigenvalue weighted by Gasteiger charge is 2.64. The van der Waals surface area contributed by atoms with Crippen LogP contribution in [0.15, 0.2) is 12.2 Å². The molecular formula is C14H22O. The van der Waals surface area contributed by atoms with E-state index in [1.807, 2.05) is 0 Å². The van der Waals surface area contributed by atoms with Crippen LogP contribution >= 0.6 is 0 Å². The molecule has 0 amide bonds. The molecule has 1 nitrogen and oxygen atoms in total. The SMILES string of the molecule is C=C1CCC2C(C3C(O)CCC13)C2(C)C. The van der Waals surface area contributed by atoms with Gasteiger partial charge in [-0.3, -0.25) is 0 Å². The van der Waals surface area contributed by atoms with E-state index >= 15 is 0 Å². The minimum atomic E-state index is -0.0425. The van der Waals surface area contributed by atoms with E-state index in [4.69, 9.17) is 0 Å². The third-order valence-corrected chi connectivity index (χ3v) is 5.54. The Kier molecular flexibility index (Phi) is 1.90. The van der Waals surface area contributed by atoms with E-state index in [0.717, 1.165) is 18.3 Å². The number of fused-ring (bicyclic) bond motifs is 3. The van der Waals surface area contributed by atoms with Gasteiger partial charge in [0, 0.05) is 0 Å². The van der Waals surface area contributed by atoms with E-state index in [9.17, 15) is 5.11 Å². The van der Waals surface area contributed by atoms with Crippen molar-refractivity contribution in [2.75, 3.05) is 0 Å². The predicted octanol–water partition coefficient (Wildman–Crippen LogP) is 3.00. The molecule has 15 heavy (non-hydrogen) atoms. The van der Waals surface area contributed by atoms with Crippen LogP contribution < -0.4 is 0 Å². The Morgan fingerprint density at radius 1 is 1.27 bits per heavy atom. The fourth-order valence-electron chi connectivity index (χ4n) is 4.60. The molecule has 3 fully saturated rings. The zero-order chi connectivity index (χ0) is 10.8. The lowest BCUT2D eigenvalue weighted by atomic mass is 9.82. The maximum atomic E-state index is 10.2. The first kappa shape index (κ1) is 9.89. The maximum absolute atomic E-state index is 10.2. The largest absolute Gasteiger partial charge is 0.393 e. The van der Waals surface area contributed by atoms with Gasteiger partial charge in [-0.1, -0.05) is 26.0 Å². The Bertz CT molecular complexity index is 304. The van der Waals surface area contributed by atoms with Gasteiger partial charge in [-0.2, -0.15) is 0 Å². The summed E-state index contributed by atoms with van der Waals surface area (Å²) in [6.45, 7) is 9.02. The van der Waals surface area contributed by atoms with Gasteiger partial charge >= 0.3 is 0 Å². The van der Waals surface area contributed by atoms with E-state index in [1.165, 1.54) is 24.8 Å². The lowest BCUT2D eigenvalue weighted by Crippen LogP contribution is -2.23. The molecule has 0 aromatic rings. The first-order valence-electron chi connectivity index (χ1n) is 6.39. The fraction of sp³-hybridized carbons (Fsp3) is 0.857. The lowest BCUT2D eigenvalue weighted by molar-refractivity contribution is 0.101. The van der Waals surface area contributed by atoms with Crippen LogP contribution in [0.25, 0.3) is 0 Å². The van der Waals surface area contributed by atoms with Crippen LogP contribution in [0.1, 0.15) is 39.5 Å². The summed E-state index contributed by atoms with van der Waals surface area (Å²) in [7, 11) is 0. The summed E-state index contributed by atoms with van der Waals surface area (Å²) in [6.07, 6.45) is 4.67. The third-order valence-electron chi connectivity index (χ3n) is 5.54. The van der Waals surface area contributed by atoms with Gasteiger partial charge in [0.05, 0.1) is 6.10 Å². The van der Waals surface area contributed by atoms with Crippen molar-refractivity contribution in [2.45, 2.75) is 45.6 Å². The van der Waals surface area contributed by atoms with E-state index < -0.39 is 0 Å². The average Bonchev–Trinajstić information content (AvgIpc) is 2.55. The molecule has 0 aromatic heterocycles. The Labute approximate surface area is 92.6 Å². The molecule has 5 atom stereocenters. The molecule has 0 aliphatic heterocycles. The molecule has 0 saturated heterocycles. The number of rotatable bonds is 0. The van der Waals surface area contributed by atoms with Crippen molar-refractivity contribution in [3.05, 3.63) is 12.2 Å². The number of hydrogen-bond donors (Lipinski definition) is 1. The highest BCUT2D eigenvalue weighted by Crippen LogP contribution is 2.69. The molecule has 0 aromatic carbocycles. The minimum Gasteiger partial charge on any atom is -0.393 e. The van der Waals surface area contributed by atoms with Crippen LogP contribution in [-0.2, 0) is 0 Å². The monoisotopic (exact) mass is 206 g/mol. The second-order valence-corrected chi connectivity index (χ2v) is 6.48. The highest BCUT2D eigenvalue weighted by atomic mass is 16.3. The van der Waals surface area contributed by atoms with Gasteiger partial charge in [0.1, 0.15) is 0 Å². The Balaban J connectivity index is 1.93. The molecule has 3 saturated carbocycles. The van der Waals surface area contributed by atoms with E-state index in [-0.39, 0.29) is 6.10 Å². The van der Waals surface area contributed by atoms with Crippen molar-refractivity contribution >= 4 is 0 Å². The summed E-state index contributed by atoms with van der Waals surface area (Å²) in [4.78, 5) is 0. The lowest BCUT2D eigenvalue weighted by Gasteiger charge is -2.24. The molecule has 3 aliphatic carbocycles. The first-order valence-corrected chi connectivity index (χ1v) is 6.39. The van der Waals surface area contributed by atoms with Gasteiger partial charge < -0.3 is 5.11 Å². The molecule has 1 heteroatoms. The summed E-state index contributed by atoms with van der Waals surface area (Å²) in [5, 5.41) is 10.2. The molecule has 0 spiro atoms. The summed E-state index contributed by atoms with van der Waals surface area (Å²) < 4.78 is 0. The molecule has 5 unspecified atom stereocenters. The quantitative estimate of drug-likeness (QED) is 0.604. The molecule has 0 bridgehead atoms. The summed E-state index contributed by atoms with van der Waals surface area (Å²) >= 11 is 0. The number of aliphatic hydroxyl groups is 1. The van der Waals surface area contributed by atoms with E-state index in [1.54, 1.807) is 0 Å². The van der Waals surface area contributed by atoms with Crippen LogP contribution in [0.5, 0.6) is 0 Å². The second-order valence-electron chi connectivity index (χ2n) is 6.48. The van der Waals surface area contributed by atoms with Crippen molar-refractivity contribution < 1.29 is 5.11 Å². The Hall–Kier alpha value is -0.300. The predicted molar refractivity (Wildman–Crippen MR) is 61.4 cm³/mol. The average molecular weight is 206 g/mol. The maximum Gasteiger partial charge on any atom is 0.0577 e. The van der Waals surface area contributed by atoms with Crippen LogP contribution in [0.4, 0.5) is 0 Å². The van der Waals surface area contributed by atoms with Gasteiger partial charge in [0.2, 0.25) is 0 Å². The van der Waals surface area contributed by atoms with Crippen LogP contribution in [0.3, 0.4) is 0 Å². The van der Waals surface area contributed by atoms with E-state index in [0.29, 0.717) is 17.3 Å². The third kappa shape index (κ3) is 1.19. The first-order chi connectivity index (χ1) is 7.03. The van der Waals surface area contributed by atoms with E-state index in [2.05, 4.69) is 20.4 Å². The number of hydrogen-bond acceptors (Lipinski definition) is 1. The molecule has 1 N–H and O–H groups in total. The van der Waals surface area contributed by atoms with Crippen molar-refractivity contribution in [1.29, 1.82) is 0 Å². The summed E-state index contributed by atoms with van der Waals surface area (Å²) in [5.74, 6) is 2.81. The van der Waals surface area contributed by atoms with Gasteiger partial charge in [-0.15, -0.1) is 0 Å². The Morgan fingerprint density at radius 3 is 2.73 bits per heavy atom. The minimum absolute atomic E-state index is 0.0425. The highest BCUT2D eigenvalue weighted by molar-refractivity contribution is 5.20. The van der Waals surface area contributed by atoms with Gasteiger partial charge in [-0.25, -0.2) is 0 Å². The van der Waals surface area contributed by atoms with Crippen molar-refractivity contribution in [1.82, 2.24) is 0 Å².